The average Bonchev–Trinajstić information content (AvgIpc) is 2.99. The summed E-state index contributed by atoms with van der Waals surface area (Å²) in [6, 6.07) is 44.3. The summed E-state index contributed by atoms with van der Waals surface area (Å²) >= 11 is 0. The predicted molar refractivity (Wildman–Crippen MR) is 160 cm³/mol. The van der Waals surface area contributed by atoms with Crippen LogP contribution >= 0.6 is 0 Å². The summed E-state index contributed by atoms with van der Waals surface area (Å²) in [5.41, 5.74) is 10.9. The maximum Gasteiger partial charge on any atom is 2.00 e. The Morgan fingerprint density at radius 3 is 1.26 bits per heavy atom. The zero-order valence-electron chi connectivity index (χ0n) is 23.3. The van der Waals surface area contributed by atoms with Crippen molar-refractivity contribution in [2.45, 2.75) is 31.6 Å². The van der Waals surface area contributed by atoms with Gasteiger partial charge in [0.15, 0.2) is 0 Å². The quantitative estimate of drug-likeness (QED) is 0.180. The second-order valence-corrected chi connectivity index (χ2v) is 10.7. The van der Waals surface area contributed by atoms with Gasteiger partial charge in [-0.25, -0.2) is 0 Å². The van der Waals surface area contributed by atoms with Crippen LogP contribution in [-0.4, -0.2) is 19.9 Å². The van der Waals surface area contributed by atoms with Crippen molar-refractivity contribution in [3.63, 3.8) is 0 Å². The molecule has 2 atom stereocenters. The number of benzene rings is 2. The van der Waals surface area contributed by atoms with E-state index < -0.39 is 0 Å². The van der Waals surface area contributed by atoms with E-state index in [9.17, 15) is 0 Å². The fourth-order valence-corrected chi connectivity index (χ4v) is 5.86. The molecule has 0 radical (unpaired) electrons. The van der Waals surface area contributed by atoms with E-state index in [4.69, 9.17) is 19.9 Å². The van der Waals surface area contributed by atoms with Crippen molar-refractivity contribution in [2.75, 3.05) is 0 Å². The van der Waals surface area contributed by atoms with Gasteiger partial charge in [0.25, 0.3) is 0 Å². The summed E-state index contributed by atoms with van der Waals surface area (Å²) in [7, 11) is 0. The zero-order chi connectivity index (χ0) is 27.8. The van der Waals surface area contributed by atoms with Crippen LogP contribution in [0.5, 0.6) is 0 Å². The van der Waals surface area contributed by atoms with Crippen LogP contribution in [0.25, 0.3) is 0 Å². The normalized spacial score (nSPS) is 17.3. The SMILES string of the molecule is Cc1cc[c-]c(C2c3cccc(n3)C(c3[c-]ccc(C)c3)c3cccc(n3)C(c3ccccn3)c3cccc2n3)c1.[Os+2]. The van der Waals surface area contributed by atoms with Gasteiger partial charge in [-0.1, -0.05) is 38.1 Å². The smallest absolute Gasteiger partial charge is 0.260 e. The molecule has 0 spiro atoms. The Hall–Kier alpha value is -4.32. The van der Waals surface area contributed by atoms with Crippen molar-refractivity contribution < 1.29 is 19.8 Å². The molecule has 4 aromatic heterocycles. The standard InChI is InChI=1S/C37H28N4.Os/c1-24-10-5-12-26(22-24)35-29-15-7-16-30(39-29)36(27-13-6-11-25(2)23-27)32-18-9-20-34(41-32)37(28-14-3-4-21-38-28)33-19-8-17-31(35)40-33;/h3-11,14-23,35-37H,1-2H3;/q-2;+2. The Balaban J connectivity index is 0.00000316. The number of hydrogen-bond acceptors (Lipinski definition) is 4. The van der Waals surface area contributed by atoms with Crippen molar-refractivity contribution in [1.29, 1.82) is 0 Å². The summed E-state index contributed by atoms with van der Waals surface area (Å²) in [5, 5.41) is 0. The first-order valence-electron chi connectivity index (χ1n) is 13.9. The van der Waals surface area contributed by atoms with E-state index in [1.165, 1.54) is 11.1 Å². The second kappa shape index (κ2) is 11.9. The summed E-state index contributed by atoms with van der Waals surface area (Å²) in [6.07, 6.45) is 1.84. The van der Waals surface area contributed by atoms with Crippen molar-refractivity contribution >= 4 is 0 Å². The molecular formula is C37H28N4Os. The van der Waals surface area contributed by atoms with Crippen LogP contribution in [-0.2, 0) is 19.8 Å². The molecule has 2 aromatic carbocycles. The molecule has 6 bridgehead atoms. The van der Waals surface area contributed by atoms with Gasteiger partial charge in [0.05, 0.1) is 45.8 Å². The van der Waals surface area contributed by atoms with E-state index in [2.05, 4.69) is 111 Å². The van der Waals surface area contributed by atoms with Crippen LogP contribution in [0.15, 0.2) is 115 Å². The van der Waals surface area contributed by atoms with E-state index in [0.717, 1.165) is 51.0 Å². The number of aromatic nitrogens is 4. The summed E-state index contributed by atoms with van der Waals surface area (Å²) in [6.45, 7) is 4.22. The molecule has 0 N–H and O–H groups in total. The molecule has 0 saturated carbocycles. The number of fused-ring (bicyclic) bond motifs is 6. The van der Waals surface area contributed by atoms with Gasteiger partial charge in [0.1, 0.15) is 0 Å². The van der Waals surface area contributed by atoms with E-state index in [0.29, 0.717) is 0 Å². The fraction of sp³-hybridized carbons (Fsp3) is 0.135. The minimum absolute atomic E-state index is 0. The number of aryl methyl sites for hydroxylation is 2. The largest absolute Gasteiger partial charge is 2.00 e. The Bertz CT molecular complexity index is 1740. The molecular weight excluding hydrogens is 691 g/mol. The van der Waals surface area contributed by atoms with Gasteiger partial charge < -0.3 is 0 Å². The minimum atomic E-state index is -0.230. The van der Waals surface area contributed by atoms with Gasteiger partial charge in [0, 0.05) is 18.0 Å². The van der Waals surface area contributed by atoms with Crippen LogP contribution < -0.4 is 0 Å². The molecule has 0 saturated heterocycles. The van der Waals surface area contributed by atoms with Gasteiger partial charge in [-0.05, 0) is 48.5 Å². The molecule has 7 rings (SSSR count). The van der Waals surface area contributed by atoms with Gasteiger partial charge in [0.2, 0.25) is 0 Å². The van der Waals surface area contributed by atoms with Crippen LogP contribution in [0.2, 0.25) is 0 Å². The molecule has 1 aliphatic heterocycles. The number of pyridine rings is 4. The van der Waals surface area contributed by atoms with Crippen molar-refractivity contribution in [3.05, 3.63) is 190 Å². The third-order valence-electron chi connectivity index (χ3n) is 7.72. The molecule has 0 fully saturated rings. The number of nitrogens with zero attached hydrogens (tertiary/aromatic N) is 4. The van der Waals surface area contributed by atoms with E-state index >= 15 is 0 Å². The zero-order valence-corrected chi connectivity index (χ0v) is 25.9. The van der Waals surface area contributed by atoms with Crippen LogP contribution in [0.4, 0.5) is 0 Å². The molecule has 5 heteroatoms. The first-order chi connectivity index (χ1) is 20.1. The summed E-state index contributed by atoms with van der Waals surface area (Å²) < 4.78 is 0. The maximum atomic E-state index is 5.33. The molecule has 2 unspecified atom stereocenters. The van der Waals surface area contributed by atoms with Crippen molar-refractivity contribution in [3.8, 4) is 0 Å². The fourth-order valence-electron chi connectivity index (χ4n) is 5.86. The maximum absolute atomic E-state index is 5.33. The van der Waals surface area contributed by atoms with Crippen molar-refractivity contribution in [2.24, 2.45) is 0 Å². The monoisotopic (exact) mass is 720 g/mol. The summed E-state index contributed by atoms with van der Waals surface area (Å²) in [4.78, 5) is 20.7. The molecule has 1 aliphatic rings. The topological polar surface area (TPSA) is 51.6 Å². The third kappa shape index (κ3) is 5.33. The Kier molecular flexibility index (Phi) is 7.87. The van der Waals surface area contributed by atoms with E-state index in [1.54, 1.807) is 0 Å². The molecule has 204 valence electrons. The van der Waals surface area contributed by atoms with Crippen LogP contribution in [0.1, 0.15) is 79.9 Å². The summed E-state index contributed by atoms with van der Waals surface area (Å²) in [5.74, 6) is -0.606. The Morgan fingerprint density at radius 2 is 0.881 bits per heavy atom. The molecule has 6 aromatic rings. The Morgan fingerprint density at radius 1 is 0.476 bits per heavy atom. The first-order valence-corrected chi connectivity index (χ1v) is 13.9. The molecule has 0 amide bonds. The van der Waals surface area contributed by atoms with Crippen molar-refractivity contribution in [1.82, 2.24) is 19.9 Å². The number of rotatable bonds is 3. The minimum Gasteiger partial charge on any atom is -0.260 e. The Labute approximate surface area is 260 Å². The van der Waals surface area contributed by atoms with Gasteiger partial charge >= 0.3 is 19.8 Å². The predicted octanol–water partition coefficient (Wildman–Crippen LogP) is 7.34. The van der Waals surface area contributed by atoms with Crippen LogP contribution in [0.3, 0.4) is 0 Å². The average molecular weight is 719 g/mol. The first kappa shape index (κ1) is 27.8. The van der Waals surface area contributed by atoms with E-state index in [-0.39, 0.29) is 37.5 Å². The van der Waals surface area contributed by atoms with Crippen LogP contribution in [0, 0.1) is 26.0 Å². The molecule has 0 aliphatic carbocycles. The third-order valence-corrected chi connectivity index (χ3v) is 7.72. The van der Waals surface area contributed by atoms with Gasteiger partial charge in [-0.15, -0.1) is 11.1 Å². The molecule has 5 heterocycles. The van der Waals surface area contributed by atoms with Gasteiger partial charge in [-0.2, -0.15) is 59.7 Å². The van der Waals surface area contributed by atoms with Gasteiger partial charge in [-0.3, -0.25) is 19.9 Å². The molecule has 4 nitrogen and oxygen atoms in total. The second-order valence-electron chi connectivity index (χ2n) is 10.7. The molecule has 42 heavy (non-hydrogen) atoms. The van der Waals surface area contributed by atoms with E-state index in [1.807, 2.05) is 30.5 Å². The number of hydrogen-bond donors (Lipinski definition) is 0.